The summed E-state index contributed by atoms with van der Waals surface area (Å²) in [4.78, 5) is 16.6. The molecule has 2 heterocycles. The van der Waals surface area contributed by atoms with Crippen LogP contribution in [0.25, 0.3) is 11.8 Å². The molecule has 5 nitrogen and oxygen atoms in total. The highest BCUT2D eigenvalue weighted by molar-refractivity contribution is 9.10. The number of nitrogens with one attached hydrogen (secondary N) is 1. The van der Waals surface area contributed by atoms with Crippen molar-refractivity contribution in [1.29, 1.82) is 0 Å². The molecule has 8 heteroatoms. The number of thiazole rings is 1. The van der Waals surface area contributed by atoms with Gasteiger partial charge in [-0.15, -0.1) is 11.3 Å². The van der Waals surface area contributed by atoms with E-state index in [0.717, 1.165) is 21.6 Å². The van der Waals surface area contributed by atoms with Crippen LogP contribution in [0.1, 0.15) is 36.2 Å². The van der Waals surface area contributed by atoms with Crippen molar-refractivity contribution in [3.63, 3.8) is 0 Å². The van der Waals surface area contributed by atoms with Gasteiger partial charge < -0.3 is 5.32 Å². The molecule has 0 radical (unpaired) electrons. The Bertz CT molecular complexity index is 982. The Hall–Kier alpha value is -2.32. The van der Waals surface area contributed by atoms with Gasteiger partial charge in [-0.1, -0.05) is 13.0 Å². The molecular weight excluding hydrogens is 431 g/mol. The third-order valence-corrected chi connectivity index (χ3v) is 5.29. The molecule has 0 bridgehead atoms. The SMILES string of the molecule is CCc1nc(C(C)NC(=O)/C=C/c2ccc(-n3cc(Br)cn3)c(F)c2)cs1. The van der Waals surface area contributed by atoms with Gasteiger partial charge in [-0.05, 0) is 53.0 Å². The Labute approximate surface area is 169 Å². The molecule has 2 aromatic heterocycles. The first-order valence-corrected chi connectivity index (χ1v) is 10.1. The summed E-state index contributed by atoms with van der Waals surface area (Å²) in [6.07, 6.45) is 7.10. The quantitative estimate of drug-likeness (QED) is 0.556. The summed E-state index contributed by atoms with van der Waals surface area (Å²) >= 11 is 4.87. The summed E-state index contributed by atoms with van der Waals surface area (Å²) in [7, 11) is 0. The smallest absolute Gasteiger partial charge is 0.244 e. The summed E-state index contributed by atoms with van der Waals surface area (Å²) in [6, 6.07) is 4.54. The predicted octanol–water partition coefficient (Wildman–Crippen LogP) is 4.68. The molecular formula is C19H18BrFN4OS. The van der Waals surface area contributed by atoms with Gasteiger partial charge in [0, 0.05) is 17.7 Å². The average Bonchev–Trinajstić information content (AvgIpc) is 3.29. The molecule has 0 saturated heterocycles. The predicted molar refractivity (Wildman–Crippen MR) is 108 cm³/mol. The van der Waals surface area contributed by atoms with Crippen LogP contribution in [-0.4, -0.2) is 20.7 Å². The number of rotatable bonds is 6. The Morgan fingerprint density at radius 2 is 2.30 bits per heavy atom. The summed E-state index contributed by atoms with van der Waals surface area (Å²) in [6.45, 7) is 3.93. The summed E-state index contributed by atoms with van der Waals surface area (Å²) < 4.78 is 16.5. The number of aryl methyl sites for hydroxylation is 1. The molecule has 1 atom stereocenters. The minimum atomic E-state index is -0.420. The second-order valence-corrected chi connectivity index (χ2v) is 7.76. The van der Waals surface area contributed by atoms with Crippen molar-refractivity contribution in [3.8, 4) is 5.69 Å². The van der Waals surface area contributed by atoms with Crippen LogP contribution in [0, 0.1) is 5.82 Å². The van der Waals surface area contributed by atoms with Gasteiger partial charge in [0.25, 0.3) is 0 Å². The van der Waals surface area contributed by atoms with E-state index in [9.17, 15) is 9.18 Å². The number of amides is 1. The van der Waals surface area contributed by atoms with Crippen LogP contribution in [0.15, 0.2) is 46.5 Å². The maximum absolute atomic E-state index is 14.3. The topological polar surface area (TPSA) is 59.8 Å². The van der Waals surface area contributed by atoms with Gasteiger partial charge in [0.1, 0.15) is 11.5 Å². The minimum absolute atomic E-state index is 0.184. The highest BCUT2D eigenvalue weighted by atomic mass is 79.9. The normalized spacial score (nSPS) is 12.4. The van der Waals surface area contributed by atoms with Crippen LogP contribution in [-0.2, 0) is 11.2 Å². The number of benzene rings is 1. The molecule has 0 aliphatic heterocycles. The number of nitrogens with zero attached hydrogens (tertiary/aromatic N) is 3. The van der Waals surface area contributed by atoms with Crippen molar-refractivity contribution in [1.82, 2.24) is 20.1 Å². The summed E-state index contributed by atoms with van der Waals surface area (Å²) in [5.41, 5.74) is 1.78. The standard InChI is InChI=1S/C19H18BrFN4OS/c1-3-19-24-16(11-27-19)12(2)23-18(26)7-5-13-4-6-17(15(21)8-13)25-10-14(20)9-22-25/h4-12H,3H2,1-2H3,(H,23,26)/b7-5+. The maximum Gasteiger partial charge on any atom is 0.244 e. The monoisotopic (exact) mass is 448 g/mol. The Kier molecular flexibility index (Phi) is 6.18. The number of aromatic nitrogens is 3. The van der Waals surface area contributed by atoms with E-state index in [1.54, 1.807) is 41.9 Å². The van der Waals surface area contributed by atoms with Gasteiger partial charge in [-0.2, -0.15) is 5.10 Å². The zero-order valence-electron chi connectivity index (χ0n) is 14.8. The lowest BCUT2D eigenvalue weighted by Crippen LogP contribution is -2.24. The maximum atomic E-state index is 14.3. The second-order valence-electron chi connectivity index (χ2n) is 5.90. The van der Waals surface area contributed by atoms with Crippen molar-refractivity contribution >= 4 is 39.2 Å². The number of hydrogen-bond acceptors (Lipinski definition) is 4. The van der Waals surface area contributed by atoms with Crippen LogP contribution in [0.5, 0.6) is 0 Å². The van der Waals surface area contributed by atoms with Gasteiger partial charge in [0.15, 0.2) is 0 Å². The molecule has 0 saturated carbocycles. The molecule has 3 aromatic rings. The lowest BCUT2D eigenvalue weighted by Gasteiger charge is -2.09. The number of carbonyl (C=O) groups excluding carboxylic acids is 1. The Morgan fingerprint density at radius 1 is 1.48 bits per heavy atom. The molecule has 27 heavy (non-hydrogen) atoms. The van der Waals surface area contributed by atoms with Gasteiger partial charge in [0.05, 0.1) is 27.4 Å². The molecule has 3 rings (SSSR count). The van der Waals surface area contributed by atoms with Gasteiger partial charge in [-0.25, -0.2) is 14.1 Å². The summed E-state index contributed by atoms with van der Waals surface area (Å²) in [5.74, 6) is -0.676. The molecule has 1 amide bonds. The van der Waals surface area contributed by atoms with Crippen molar-refractivity contribution in [3.05, 3.63) is 68.6 Å². The highest BCUT2D eigenvalue weighted by Crippen LogP contribution is 2.19. The Morgan fingerprint density at radius 3 is 2.93 bits per heavy atom. The highest BCUT2D eigenvalue weighted by Gasteiger charge is 2.11. The molecule has 1 unspecified atom stereocenters. The van der Waals surface area contributed by atoms with Crippen molar-refractivity contribution in [2.75, 3.05) is 0 Å². The van der Waals surface area contributed by atoms with Gasteiger partial charge in [0.2, 0.25) is 5.91 Å². The fraction of sp³-hybridized carbons (Fsp3) is 0.211. The molecule has 0 aliphatic carbocycles. The number of hydrogen-bond donors (Lipinski definition) is 1. The first kappa shape index (κ1) is 19.4. The molecule has 0 fully saturated rings. The van der Waals surface area contributed by atoms with Gasteiger partial charge >= 0.3 is 0 Å². The van der Waals surface area contributed by atoms with Crippen LogP contribution in [0.4, 0.5) is 4.39 Å². The van der Waals surface area contributed by atoms with Crippen molar-refractivity contribution in [2.24, 2.45) is 0 Å². The Balaban J connectivity index is 1.64. The molecule has 140 valence electrons. The molecule has 0 aliphatic rings. The van der Waals surface area contributed by atoms with Crippen LogP contribution in [0.2, 0.25) is 0 Å². The second kappa shape index (κ2) is 8.58. The lowest BCUT2D eigenvalue weighted by molar-refractivity contribution is -0.117. The number of halogens is 2. The molecule has 1 N–H and O–H groups in total. The van der Waals surface area contributed by atoms with E-state index >= 15 is 0 Å². The largest absolute Gasteiger partial charge is 0.344 e. The van der Waals surface area contributed by atoms with Gasteiger partial charge in [-0.3, -0.25) is 4.79 Å². The summed E-state index contributed by atoms with van der Waals surface area (Å²) in [5, 5.41) is 9.92. The zero-order chi connectivity index (χ0) is 19.4. The van der Waals surface area contributed by atoms with E-state index in [-0.39, 0.29) is 11.9 Å². The first-order chi connectivity index (χ1) is 13.0. The van der Waals surface area contributed by atoms with E-state index in [1.807, 2.05) is 19.2 Å². The van der Waals surface area contributed by atoms with E-state index in [0.29, 0.717) is 11.3 Å². The van der Waals surface area contributed by atoms with Crippen LogP contribution < -0.4 is 5.32 Å². The fourth-order valence-corrected chi connectivity index (χ4v) is 3.56. The van der Waals surface area contributed by atoms with Crippen LogP contribution in [0.3, 0.4) is 0 Å². The van der Waals surface area contributed by atoms with E-state index in [1.165, 1.54) is 16.8 Å². The zero-order valence-corrected chi connectivity index (χ0v) is 17.2. The fourth-order valence-electron chi connectivity index (χ4n) is 2.44. The van der Waals surface area contributed by atoms with E-state index in [2.05, 4.69) is 31.3 Å². The lowest BCUT2D eigenvalue weighted by atomic mass is 10.1. The van der Waals surface area contributed by atoms with Crippen molar-refractivity contribution < 1.29 is 9.18 Å². The minimum Gasteiger partial charge on any atom is -0.344 e. The van der Waals surface area contributed by atoms with E-state index < -0.39 is 5.82 Å². The molecule has 1 aromatic carbocycles. The van der Waals surface area contributed by atoms with Crippen molar-refractivity contribution in [2.45, 2.75) is 26.3 Å². The van der Waals surface area contributed by atoms with E-state index in [4.69, 9.17) is 0 Å². The average molecular weight is 449 g/mol. The van der Waals surface area contributed by atoms with Crippen LogP contribution >= 0.6 is 27.3 Å². The molecule has 0 spiro atoms. The third kappa shape index (κ3) is 4.90. The number of carbonyl (C=O) groups is 1. The third-order valence-electron chi connectivity index (χ3n) is 3.87. The first-order valence-electron chi connectivity index (χ1n) is 8.39.